The van der Waals surface area contributed by atoms with Crippen molar-refractivity contribution in [1.82, 2.24) is 74.8 Å². The van der Waals surface area contributed by atoms with Crippen LogP contribution in [0.15, 0.2) is 425 Å². The van der Waals surface area contributed by atoms with Crippen LogP contribution in [0.3, 0.4) is 0 Å². The molecule has 16 nitrogen and oxygen atoms in total. The molecule has 19 aromatic carbocycles. The van der Waals surface area contributed by atoms with Gasteiger partial charge in [-0.1, -0.05) is 363 Å². The first-order chi connectivity index (χ1) is 69.2. The summed E-state index contributed by atoms with van der Waals surface area (Å²) in [7, 11) is 0. The van der Waals surface area contributed by atoms with Crippen molar-refractivity contribution in [2.24, 2.45) is 0 Å². The van der Waals surface area contributed by atoms with Gasteiger partial charge in [0.05, 0.1) is 11.6 Å². The predicted octanol–water partition coefficient (Wildman–Crippen LogP) is 32.0. The molecule has 0 radical (unpaired) electrons. The van der Waals surface area contributed by atoms with Crippen LogP contribution in [-0.4, -0.2) is 74.8 Å². The Kier molecular flexibility index (Phi) is 26.4. The van der Waals surface area contributed by atoms with E-state index in [1.54, 1.807) is 35.6 Å². The largest absolute Gasteiger partial charge is 0.226 e. The maximum Gasteiger partial charge on any atom is 0.226 e. The Morgan fingerprint density at radius 3 is 1.00 bits per heavy atom. The van der Waals surface area contributed by atoms with Crippen LogP contribution in [0, 0.1) is 18.3 Å². The molecule has 6 heterocycles. The lowest BCUT2D eigenvalue weighted by Crippen LogP contribution is -1.98. The first-order valence-electron chi connectivity index (χ1n) is 45.0. The van der Waals surface area contributed by atoms with Crippen molar-refractivity contribution in [3.63, 3.8) is 0 Å². The zero-order valence-corrected chi connectivity index (χ0v) is 79.5. The molecule has 0 aliphatic heterocycles. The minimum atomic E-state index is 0.142. The second-order valence-electron chi connectivity index (χ2n) is 32.9. The summed E-state index contributed by atoms with van der Waals surface area (Å²) in [6, 6.07) is 145. The summed E-state index contributed by atoms with van der Waals surface area (Å²) < 4.78 is 2.45. The topological polar surface area (TPSA) is 217 Å². The second-order valence-corrected chi connectivity index (χ2v) is 35.7. The van der Waals surface area contributed by atoms with Crippen LogP contribution in [-0.2, 0) is 0 Å². The molecule has 141 heavy (non-hydrogen) atoms. The number of thiophene rings is 1. The van der Waals surface area contributed by atoms with Crippen molar-refractivity contribution >= 4 is 143 Å². The standard InChI is InChI=1S/C27H18ClN3.C26H16ClN3.C25H14ClN3S.C25H16ClN3.C16H9ClN4/c28-27-30-25(21-10-5-2-6-11-21)29-26(31-27)22-16-14-20(15-17-22)24-13-7-12-23(18-24)19-8-3-1-4-9-19;1-15-5-7-18(8-6-15)24-28-25(30-26(27)29-24)21-13-19-11-9-16-3-2-4-17-10-12-20(14-21)23(19)22(16)17;26-25-28-23(17-13-12-15-6-1-2-7-16(15)14-17)27-24(29-25)19-9-5-11-21-22(19)18-8-3-4-10-20(18)30-21;26-25-28-23(20-13-6-12-19(16-20)17-8-2-1-3-9-17)27-24(29-25)22-15-7-11-18-10-4-5-14-21(18)22;17-16-20-14(12-4-2-1-3-5-12)19-15(21-16)13-8-6-11(10-18)7-9-13/h1-18H;2-14H,1H3;1-14H;1-16H;1-9H. The molecule has 6 aromatic heterocycles. The Labute approximate surface area is 839 Å². The summed E-state index contributed by atoms with van der Waals surface area (Å²) in [5.41, 5.74) is 17.7. The third kappa shape index (κ3) is 20.4. The number of hydrogen-bond acceptors (Lipinski definition) is 17. The highest BCUT2D eigenvalue weighted by Gasteiger charge is 2.21. The van der Waals surface area contributed by atoms with Crippen LogP contribution in [0.2, 0.25) is 26.4 Å². The Bertz CT molecular complexity index is 8890. The van der Waals surface area contributed by atoms with E-state index in [0.29, 0.717) is 63.8 Å². The quantitative estimate of drug-likeness (QED) is 0.0980. The lowest BCUT2D eigenvalue weighted by atomic mass is 9.93. The molecule has 0 saturated heterocycles. The second kappa shape index (κ2) is 41.1. The van der Waals surface area contributed by atoms with E-state index in [2.05, 4.69) is 291 Å². The van der Waals surface area contributed by atoms with Gasteiger partial charge in [0.25, 0.3) is 0 Å². The highest BCUT2D eigenvalue weighted by atomic mass is 35.5. The molecule has 0 amide bonds. The van der Waals surface area contributed by atoms with Crippen LogP contribution in [0.5, 0.6) is 0 Å². The van der Waals surface area contributed by atoms with E-state index >= 15 is 0 Å². The summed E-state index contributed by atoms with van der Waals surface area (Å²) in [4.78, 5) is 66.7. The van der Waals surface area contributed by atoms with E-state index in [0.717, 1.165) is 99.4 Å². The Balaban J connectivity index is 0.000000105. The summed E-state index contributed by atoms with van der Waals surface area (Å²) in [6.45, 7) is 2.05. The maximum absolute atomic E-state index is 8.82. The van der Waals surface area contributed by atoms with E-state index < -0.39 is 0 Å². The highest BCUT2D eigenvalue weighted by molar-refractivity contribution is 7.26. The molecular weight excluding hydrogens is 1860 g/mol. The van der Waals surface area contributed by atoms with E-state index in [4.69, 9.17) is 78.2 Å². The molecule has 0 spiro atoms. The average Bonchev–Trinajstić information content (AvgIpc) is 1.08. The van der Waals surface area contributed by atoms with Crippen molar-refractivity contribution in [2.75, 3.05) is 0 Å². The van der Waals surface area contributed by atoms with Gasteiger partial charge in [-0.15, -0.1) is 11.3 Å². The van der Waals surface area contributed by atoms with Crippen molar-refractivity contribution in [3.8, 4) is 153 Å². The minimum Gasteiger partial charge on any atom is -0.208 e. The maximum atomic E-state index is 8.82. The van der Waals surface area contributed by atoms with E-state index in [-0.39, 0.29) is 26.4 Å². The summed E-state index contributed by atoms with van der Waals surface area (Å²) in [5, 5.41) is 24.0. The molecule has 670 valence electrons. The first-order valence-corrected chi connectivity index (χ1v) is 47.7. The van der Waals surface area contributed by atoms with Crippen LogP contribution >= 0.6 is 69.3 Å². The fraction of sp³-hybridized carbons (Fsp3) is 0.00840. The van der Waals surface area contributed by atoms with Gasteiger partial charge < -0.3 is 0 Å². The molecule has 25 aromatic rings. The number of fused-ring (bicyclic) bond motifs is 5. The van der Waals surface area contributed by atoms with Crippen molar-refractivity contribution < 1.29 is 0 Å². The molecule has 25 rings (SSSR count). The van der Waals surface area contributed by atoms with Gasteiger partial charge in [-0.3, -0.25) is 0 Å². The predicted molar refractivity (Wildman–Crippen MR) is 576 cm³/mol. The lowest BCUT2D eigenvalue weighted by Gasteiger charge is -2.12. The Morgan fingerprint density at radius 2 is 0.482 bits per heavy atom. The fourth-order valence-electron chi connectivity index (χ4n) is 17.0. The average molecular weight is 1940 g/mol. The highest BCUT2D eigenvalue weighted by Crippen LogP contribution is 2.43. The number of nitrogens with zero attached hydrogens (tertiary/aromatic N) is 16. The number of aromatic nitrogens is 15. The number of halogens is 5. The van der Waals surface area contributed by atoms with Gasteiger partial charge in [0.15, 0.2) is 58.2 Å². The summed E-state index contributed by atoms with van der Waals surface area (Å²) >= 11 is 32.9. The molecule has 0 bridgehead atoms. The van der Waals surface area contributed by atoms with Gasteiger partial charge in [0.2, 0.25) is 26.4 Å². The number of aryl methyl sites for hydroxylation is 1. The van der Waals surface area contributed by atoms with Gasteiger partial charge >= 0.3 is 0 Å². The fourth-order valence-corrected chi connectivity index (χ4v) is 18.9. The van der Waals surface area contributed by atoms with Gasteiger partial charge in [-0.2, -0.15) is 55.1 Å². The molecule has 0 saturated carbocycles. The van der Waals surface area contributed by atoms with Crippen LogP contribution in [0.25, 0.3) is 221 Å². The monoisotopic (exact) mass is 1930 g/mol. The Hall–Kier alpha value is -17.1. The molecule has 22 heteroatoms. The number of nitriles is 1. The Morgan fingerprint density at radius 1 is 0.191 bits per heavy atom. The van der Waals surface area contributed by atoms with Gasteiger partial charge in [-0.05, 0) is 219 Å². The van der Waals surface area contributed by atoms with E-state index in [1.807, 2.05) is 182 Å². The van der Waals surface area contributed by atoms with Crippen LogP contribution in [0.4, 0.5) is 0 Å². The van der Waals surface area contributed by atoms with E-state index in [1.165, 1.54) is 69.2 Å². The molecule has 0 aliphatic rings. The SMILES string of the molecule is Cc1ccc(-c2nc(Cl)nc(-c3cc4ccc5cccc6ccc(c3)c4c56)n2)cc1.Clc1nc(-c2ccc3ccccc3c2)nc(-c2cccc3sc4ccccc4c23)n1.Clc1nc(-c2cccc(-c3ccccc3)c2)nc(-c2cccc3ccccc23)n1.Clc1nc(-c2ccccc2)nc(-c2ccc(-c3cccc(-c4ccccc4)c3)cc2)n1.N#Cc1ccc(-c2nc(Cl)nc(-c3ccccc3)n2)cc1. The number of rotatable bonds is 13. The van der Waals surface area contributed by atoms with Gasteiger partial charge in [0, 0.05) is 75.8 Å². The van der Waals surface area contributed by atoms with E-state index in [9.17, 15) is 0 Å². The molecule has 0 unspecified atom stereocenters. The van der Waals surface area contributed by atoms with Crippen molar-refractivity contribution in [1.29, 1.82) is 5.26 Å². The number of hydrogen-bond donors (Lipinski definition) is 0. The van der Waals surface area contributed by atoms with Crippen molar-refractivity contribution in [3.05, 3.63) is 462 Å². The minimum absolute atomic E-state index is 0.142. The van der Waals surface area contributed by atoms with Gasteiger partial charge in [-0.25, -0.2) is 24.9 Å². The smallest absolute Gasteiger partial charge is 0.208 e. The molecule has 0 aliphatic carbocycles. The van der Waals surface area contributed by atoms with Gasteiger partial charge in [0.1, 0.15) is 0 Å². The molecule has 0 N–H and O–H groups in total. The lowest BCUT2D eigenvalue weighted by molar-refractivity contribution is 1.07. The van der Waals surface area contributed by atoms with Crippen LogP contribution in [0.1, 0.15) is 11.1 Å². The molecule has 0 atom stereocenters. The zero-order chi connectivity index (χ0) is 95.7. The summed E-state index contributed by atoms with van der Waals surface area (Å²) in [5.74, 6) is 5.59. The summed E-state index contributed by atoms with van der Waals surface area (Å²) in [6.07, 6.45) is 0. The number of benzene rings is 19. The first kappa shape index (κ1) is 90.4. The third-order valence-electron chi connectivity index (χ3n) is 23.8. The third-order valence-corrected chi connectivity index (χ3v) is 25.7. The van der Waals surface area contributed by atoms with Crippen LogP contribution < -0.4 is 0 Å². The normalized spacial score (nSPS) is 11.0. The molecular formula is C119H73Cl5N16S. The van der Waals surface area contributed by atoms with Crippen molar-refractivity contribution in [2.45, 2.75) is 6.92 Å². The zero-order valence-electron chi connectivity index (χ0n) is 74.9. The molecule has 0 fully saturated rings.